The van der Waals surface area contributed by atoms with Gasteiger partial charge in [-0.15, -0.1) is 0 Å². The molecule has 6 heterocycles. The van der Waals surface area contributed by atoms with Crippen molar-refractivity contribution in [3.8, 4) is 0 Å². The van der Waals surface area contributed by atoms with Crippen molar-refractivity contribution in [2.24, 2.45) is 14.1 Å². The molecule has 302 valence electrons. The monoisotopic (exact) mass is 778 g/mol. The van der Waals surface area contributed by atoms with Crippen molar-refractivity contribution in [1.82, 2.24) is 48.0 Å². The van der Waals surface area contributed by atoms with E-state index in [2.05, 4.69) is 20.4 Å². The van der Waals surface area contributed by atoms with Gasteiger partial charge in [-0.25, -0.2) is 9.59 Å². The average Bonchev–Trinajstić information content (AvgIpc) is 3.68. The number of benzene rings is 2. The summed E-state index contributed by atoms with van der Waals surface area (Å²) >= 11 is 0. The molecule has 16 nitrogen and oxygen atoms in total. The van der Waals surface area contributed by atoms with E-state index in [4.69, 9.17) is 9.97 Å². The molecule has 2 aliphatic heterocycles. The van der Waals surface area contributed by atoms with Gasteiger partial charge in [0.05, 0.1) is 13.1 Å². The van der Waals surface area contributed by atoms with Gasteiger partial charge in [-0.05, 0) is 36.9 Å². The summed E-state index contributed by atoms with van der Waals surface area (Å²) in [5.74, 6) is 1.51. The molecule has 2 N–H and O–H groups in total. The standard InChI is InChI=1S/C21H28N6O2.C20H26N6O2/c1-3-12-26-19(28)17-18(24(2)21(26)29)23-20(25-13-7-10-22-11-14-25)27(17)15-16-8-5-4-6-9-16;1-3-11-25-18(27)16-17(23(2)20(25)28)22-19(24-12-9-21-10-13-24)26(16)14-15-7-5-4-6-8-15/h4-6,8-9,22H,3,7,10-15H2,1-2H3;4-8,21H,3,9-14H2,1-2H3. The van der Waals surface area contributed by atoms with Crippen LogP contribution in [0.1, 0.15) is 44.2 Å². The first kappa shape index (κ1) is 39.5. The van der Waals surface area contributed by atoms with Gasteiger partial charge in [-0.1, -0.05) is 74.5 Å². The molecule has 4 aromatic heterocycles. The SMILES string of the molecule is CCCn1c(=O)c2c(nc(N3CCCNCC3)n2Cc2ccccc2)n(C)c1=O.CCCn1c(=O)c2c(nc(N3CCNCC3)n2Cc2ccccc2)n(C)c1=O. The lowest BCUT2D eigenvalue weighted by atomic mass is 10.2. The molecular formula is C41H54N12O4. The molecule has 0 atom stereocenters. The number of hydrogen-bond acceptors (Lipinski definition) is 10. The van der Waals surface area contributed by atoms with Gasteiger partial charge in [-0.2, -0.15) is 9.97 Å². The molecule has 6 aromatic rings. The number of aromatic nitrogens is 8. The van der Waals surface area contributed by atoms with E-state index in [1.807, 2.05) is 83.6 Å². The van der Waals surface area contributed by atoms with Crippen LogP contribution in [0.25, 0.3) is 22.3 Å². The second-order valence-corrected chi connectivity index (χ2v) is 14.7. The maximum absolute atomic E-state index is 13.3. The Balaban J connectivity index is 0.000000174. The fourth-order valence-electron chi connectivity index (χ4n) is 7.79. The molecule has 0 radical (unpaired) electrons. The van der Waals surface area contributed by atoms with E-state index in [0.29, 0.717) is 48.5 Å². The molecule has 57 heavy (non-hydrogen) atoms. The summed E-state index contributed by atoms with van der Waals surface area (Å²) in [5, 5.41) is 6.75. The third-order valence-corrected chi connectivity index (χ3v) is 10.7. The van der Waals surface area contributed by atoms with Crippen LogP contribution in [-0.4, -0.2) is 89.7 Å². The Bertz CT molecular complexity index is 2550. The van der Waals surface area contributed by atoms with Crippen LogP contribution in [0.5, 0.6) is 0 Å². The molecule has 2 aliphatic rings. The summed E-state index contributed by atoms with van der Waals surface area (Å²) in [6.07, 6.45) is 2.45. The molecule has 16 heteroatoms. The molecule has 2 saturated heterocycles. The van der Waals surface area contributed by atoms with Crippen LogP contribution >= 0.6 is 0 Å². The molecule has 0 spiro atoms. The number of imidazole rings is 2. The number of hydrogen-bond donors (Lipinski definition) is 2. The van der Waals surface area contributed by atoms with Crippen LogP contribution in [0, 0.1) is 0 Å². The topological polar surface area (TPSA) is 154 Å². The minimum absolute atomic E-state index is 0.257. The number of aryl methyl sites for hydroxylation is 2. The second-order valence-electron chi connectivity index (χ2n) is 14.7. The summed E-state index contributed by atoms with van der Waals surface area (Å²) < 4.78 is 9.63. The third-order valence-electron chi connectivity index (χ3n) is 10.7. The van der Waals surface area contributed by atoms with E-state index in [0.717, 1.165) is 94.6 Å². The summed E-state index contributed by atoms with van der Waals surface area (Å²) in [7, 11) is 3.39. The van der Waals surface area contributed by atoms with Crippen LogP contribution in [0.2, 0.25) is 0 Å². The predicted molar refractivity (Wildman–Crippen MR) is 225 cm³/mol. The van der Waals surface area contributed by atoms with E-state index in [1.54, 1.807) is 14.1 Å². The lowest BCUT2D eigenvalue weighted by Crippen LogP contribution is -2.44. The van der Waals surface area contributed by atoms with Crippen LogP contribution in [0.3, 0.4) is 0 Å². The molecule has 0 unspecified atom stereocenters. The highest BCUT2D eigenvalue weighted by Gasteiger charge is 2.26. The summed E-state index contributed by atoms with van der Waals surface area (Å²) in [4.78, 5) is 66.0. The van der Waals surface area contributed by atoms with Crippen LogP contribution in [0.15, 0.2) is 79.8 Å². The molecule has 0 bridgehead atoms. The first-order valence-electron chi connectivity index (χ1n) is 20.1. The van der Waals surface area contributed by atoms with E-state index in [1.165, 1.54) is 18.3 Å². The summed E-state index contributed by atoms with van der Waals surface area (Å²) in [6, 6.07) is 20.1. The van der Waals surface area contributed by atoms with Crippen molar-refractivity contribution in [2.75, 3.05) is 62.2 Å². The molecule has 0 amide bonds. The fraction of sp³-hybridized carbons (Fsp3) is 0.463. The molecule has 0 saturated carbocycles. The van der Waals surface area contributed by atoms with Crippen LogP contribution < -0.4 is 42.9 Å². The number of rotatable bonds is 10. The Morgan fingerprint density at radius 3 is 1.37 bits per heavy atom. The van der Waals surface area contributed by atoms with Crippen molar-refractivity contribution >= 4 is 34.2 Å². The second kappa shape index (κ2) is 17.6. The van der Waals surface area contributed by atoms with Gasteiger partial charge in [0, 0.05) is 73.0 Å². The number of nitrogens with zero attached hydrogens (tertiary/aromatic N) is 10. The van der Waals surface area contributed by atoms with Gasteiger partial charge in [0.15, 0.2) is 22.3 Å². The first-order valence-corrected chi connectivity index (χ1v) is 20.1. The quantitative estimate of drug-likeness (QED) is 0.211. The van der Waals surface area contributed by atoms with Gasteiger partial charge < -0.3 is 20.4 Å². The van der Waals surface area contributed by atoms with E-state index < -0.39 is 0 Å². The minimum Gasteiger partial charge on any atom is -0.341 e. The lowest BCUT2D eigenvalue weighted by molar-refractivity contribution is 0.571. The maximum Gasteiger partial charge on any atom is 0.332 e. The normalized spacial score (nSPS) is 14.9. The number of piperazine rings is 1. The van der Waals surface area contributed by atoms with Crippen molar-refractivity contribution in [3.05, 3.63) is 113 Å². The smallest absolute Gasteiger partial charge is 0.332 e. The summed E-state index contributed by atoms with van der Waals surface area (Å²) in [5.41, 5.74) is 2.95. The van der Waals surface area contributed by atoms with Crippen molar-refractivity contribution < 1.29 is 0 Å². The number of anilines is 2. The van der Waals surface area contributed by atoms with Gasteiger partial charge in [0.2, 0.25) is 11.9 Å². The number of fused-ring (bicyclic) bond motifs is 2. The Morgan fingerprint density at radius 2 is 0.947 bits per heavy atom. The maximum atomic E-state index is 13.3. The van der Waals surface area contributed by atoms with Gasteiger partial charge in [0.25, 0.3) is 11.1 Å². The largest absolute Gasteiger partial charge is 0.341 e. The fourth-order valence-corrected chi connectivity index (χ4v) is 7.79. The van der Waals surface area contributed by atoms with Gasteiger partial charge in [-0.3, -0.25) is 37.0 Å². The minimum atomic E-state index is -0.310. The molecule has 2 fully saturated rings. The third kappa shape index (κ3) is 7.96. The van der Waals surface area contributed by atoms with E-state index in [9.17, 15) is 19.2 Å². The highest BCUT2D eigenvalue weighted by atomic mass is 16.2. The van der Waals surface area contributed by atoms with Gasteiger partial charge in [0.1, 0.15) is 0 Å². The predicted octanol–water partition coefficient (Wildman–Crippen LogP) is 1.92. The Morgan fingerprint density at radius 1 is 0.544 bits per heavy atom. The van der Waals surface area contributed by atoms with Crippen LogP contribution in [-0.2, 0) is 40.3 Å². The zero-order valence-corrected chi connectivity index (χ0v) is 33.5. The van der Waals surface area contributed by atoms with E-state index in [-0.39, 0.29) is 22.5 Å². The van der Waals surface area contributed by atoms with Gasteiger partial charge >= 0.3 is 11.4 Å². The van der Waals surface area contributed by atoms with Crippen molar-refractivity contribution in [2.45, 2.75) is 59.3 Å². The highest BCUT2D eigenvalue weighted by molar-refractivity contribution is 5.76. The highest BCUT2D eigenvalue weighted by Crippen LogP contribution is 2.23. The van der Waals surface area contributed by atoms with Crippen molar-refractivity contribution in [3.63, 3.8) is 0 Å². The van der Waals surface area contributed by atoms with Crippen LogP contribution in [0.4, 0.5) is 11.9 Å². The molecular weight excluding hydrogens is 725 g/mol. The number of nitrogens with one attached hydrogen (secondary N) is 2. The average molecular weight is 779 g/mol. The van der Waals surface area contributed by atoms with E-state index >= 15 is 0 Å². The zero-order chi connectivity index (χ0) is 40.1. The zero-order valence-electron chi connectivity index (χ0n) is 33.5. The Labute approximate surface area is 330 Å². The first-order chi connectivity index (χ1) is 27.7. The van der Waals surface area contributed by atoms with Crippen molar-refractivity contribution in [1.29, 1.82) is 0 Å². The Kier molecular flexibility index (Phi) is 12.2. The molecule has 8 rings (SSSR count). The molecule has 2 aromatic carbocycles. The molecule has 0 aliphatic carbocycles. The summed E-state index contributed by atoms with van der Waals surface area (Å²) in [6.45, 7) is 12.7. The Hall–Kier alpha value is -5.74. The lowest BCUT2D eigenvalue weighted by Gasteiger charge is -2.28.